The van der Waals surface area contributed by atoms with E-state index >= 15 is 0 Å². The van der Waals surface area contributed by atoms with Gasteiger partial charge in [0.2, 0.25) is 5.91 Å². The van der Waals surface area contributed by atoms with Crippen molar-refractivity contribution in [3.8, 4) is 0 Å². The molecular formula is C10H9BrF3NO2. The highest BCUT2D eigenvalue weighted by Crippen LogP contribution is 2.36. The summed E-state index contributed by atoms with van der Waals surface area (Å²) in [5.41, 5.74) is -0.768. The van der Waals surface area contributed by atoms with Crippen molar-refractivity contribution in [1.29, 1.82) is 0 Å². The third-order valence-corrected chi connectivity index (χ3v) is 2.52. The van der Waals surface area contributed by atoms with Gasteiger partial charge in [0.05, 0.1) is 5.56 Å². The third-order valence-electron chi connectivity index (χ3n) is 1.83. The van der Waals surface area contributed by atoms with Crippen molar-refractivity contribution in [3.63, 3.8) is 0 Å². The van der Waals surface area contributed by atoms with Gasteiger partial charge in [-0.25, -0.2) is 0 Å². The molecule has 0 saturated heterocycles. The minimum atomic E-state index is -4.47. The largest absolute Gasteiger partial charge is 0.417 e. The summed E-state index contributed by atoms with van der Waals surface area (Å²) in [5, 5.41) is 2.30. The van der Waals surface area contributed by atoms with E-state index in [0.29, 0.717) is 0 Å². The number of hydrogen-bond acceptors (Lipinski definition) is 2. The van der Waals surface area contributed by atoms with Crippen LogP contribution < -0.4 is 5.32 Å². The summed E-state index contributed by atoms with van der Waals surface area (Å²) >= 11 is 2.81. The average molecular weight is 312 g/mol. The van der Waals surface area contributed by atoms with Crippen molar-refractivity contribution in [2.24, 2.45) is 0 Å². The quantitative estimate of drug-likeness (QED) is 0.931. The Kier molecular flexibility index (Phi) is 4.53. The molecule has 0 heterocycles. The van der Waals surface area contributed by atoms with Gasteiger partial charge in [0.25, 0.3) is 0 Å². The number of anilines is 1. The predicted octanol–water partition coefficient (Wildman–Crippen LogP) is 3.05. The zero-order valence-electron chi connectivity index (χ0n) is 8.77. The summed E-state index contributed by atoms with van der Waals surface area (Å²) in [4.78, 5) is 11.1. The summed E-state index contributed by atoms with van der Waals surface area (Å²) in [5.74, 6) is -0.511. The molecule has 17 heavy (non-hydrogen) atoms. The molecule has 1 aromatic carbocycles. The zero-order chi connectivity index (χ0) is 13.1. The van der Waals surface area contributed by atoms with Crippen LogP contribution in [0.3, 0.4) is 0 Å². The normalized spacial score (nSPS) is 11.4. The van der Waals surface area contributed by atoms with Crippen LogP contribution in [0, 0.1) is 0 Å². The Labute approximate surface area is 104 Å². The molecule has 0 saturated carbocycles. The SMILES string of the molecule is COCC(=O)Nc1ccc(Br)c(C(F)(F)F)c1. The number of alkyl halides is 3. The lowest BCUT2D eigenvalue weighted by atomic mass is 10.2. The molecule has 1 amide bonds. The number of ether oxygens (including phenoxy) is 1. The molecule has 0 aliphatic rings. The Morgan fingerprint density at radius 2 is 2.12 bits per heavy atom. The first kappa shape index (κ1) is 14.0. The second-order valence-corrected chi connectivity index (χ2v) is 4.03. The number of hydrogen-bond donors (Lipinski definition) is 1. The minimum Gasteiger partial charge on any atom is -0.375 e. The molecule has 0 aliphatic carbocycles. The van der Waals surface area contributed by atoms with Crippen molar-refractivity contribution in [2.45, 2.75) is 6.18 Å². The van der Waals surface area contributed by atoms with E-state index in [-0.39, 0.29) is 16.8 Å². The maximum Gasteiger partial charge on any atom is 0.417 e. The van der Waals surface area contributed by atoms with Gasteiger partial charge in [-0.05, 0) is 18.2 Å². The number of halogens is 4. The molecule has 0 radical (unpaired) electrons. The van der Waals surface area contributed by atoms with Gasteiger partial charge in [-0.3, -0.25) is 4.79 Å². The van der Waals surface area contributed by atoms with Gasteiger partial charge in [0.15, 0.2) is 0 Å². The van der Waals surface area contributed by atoms with E-state index in [0.717, 1.165) is 6.07 Å². The minimum absolute atomic E-state index is 0.0718. The van der Waals surface area contributed by atoms with Crippen LogP contribution in [-0.2, 0) is 15.7 Å². The molecule has 0 aliphatic heterocycles. The van der Waals surface area contributed by atoms with Crippen molar-refractivity contribution < 1.29 is 22.7 Å². The number of benzene rings is 1. The third kappa shape index (κ3) is 4.01. The highest BCUT2D eigenvalue weighted by atomic mass is 79.9. The van der Waals surface area contributed by atoms with Gasteiger partial charge < -0.3 is 10.1 Å². The zero-order valence-corrected chi connectivity index (χ0v) is 10.4. The number of amides is 1. The fraction of sp³-hybridized carbons (Fsp3) is 0.300. The second-order valence-electron chi connectivity index (χ2n) is 3.17. The van der Waals surface area contributed by atoms with Gasteiger partial charge in [0, 0.05) is 17.3 Å². The number of carbonyl (C=O) groups is 1. The summed E-state index contributed by atoms with van der Waals surface area (Å²) in [6.45, 7) is -0.211. The molecule has 0 spiro atoms. The average Bonchev–Trinajstić information content (AvgIpc) is 2.19. The van der Waals surface area contributed by atoms with Crippen LogP contribution in [0.25, 0.3) is 0 Å². The van der Waals surface area contributed by atoms with Gasteiger partial charge in [0.1, 0.15) is 6.61 Å². The Hall–Kier alpha value is -1.08. The van der Waals surface area contributed by atoms with Crippen LogP contribution in [0.2, 0.25) is 0 Å². The predicted molar refractivity (Wildman–Crippen MR) is 59.6 cm³/mol. The van der Waals surface area contributed by atoms with Crippen molar-refractivity contribution >= 4 is 27.5 Å². The first-order valence-electron chi connectivity index (χ1n) is 4.50. The molecule has 94 valence electrons. The second kappa shape index (κ2) is 5.50. The molecule has 0 fully saturated rings. The Bertz CT molecular complexity index is 421. The molecule has 0 aromatic heterocycles. The van der Waals surface area contributed by atoms with Crippen LogP contribution in [0.15, 0.2) is 22.7 Å². The molecule has 0 unspecified atom stereocenters. The first-order chi connectivity index (χ1) is 7.84. The van der Waals surface area contributed by atoms with E-state index < -0.39 is 17.6 Å². The standard InChI is InChI=1S/C10H9BrF3NO2/c1-17-5-9(16)15-6-2-3-8(11)7(4-6)10(12,13)14/h2-4H,5H2,1H3,(H,15,16). The fourth-order valence-corrected chi connectivity index (χ4v) is 1.62. The molecule has 1 rings (SSSR count). The molecule has 0 bridgehead atoms. The van der Waals surface area contributed by atoms with Crippen LogP contribution in [0.1, 0.15) is 5.56 Å². The van der Waals surface area contributed by atoms with Crippen LogP contribution in [0.5, 0.6) is 0 Å². The number of rotatable bonds is 3. The molecular weight excluding hydrogens is 303 g/mol. The lowest BCUT2D eigenvalue weighted by molar-refractivity contribution is -0.138. The van der Waals surface area contributed by atoms with E-state index in [9.17, 15) is 18.0 Å². The Morgan fingerprint density at radius 3 is 2.65 bits per heavy atom. The van der Waals surface area contributed by atoms with E-state index in [1.165, 1.54) is 19.2 Å². The molecule has 0 atom stereocenters. The number of methoxy groups -OCH3 is 1. The summed E-state index contributed by atoms with van der Waals surface area (Å²) < 4.78 is 42.1. The summed E-state index contributed by atoms with van der Waals surface area (Å²) in [7, 11) is 1.32. The van der Waals surface area contributed by atoms with Crippen molar-refractivity contribution in [2.75, 3.05) is 19.0 Å². The van der Waals surface area contributed by atoms with E-state index in [1.807, 2.05) is 0 Å². The highest BCUT2D eigenvalue weighted by Gasteiger charge is 2.33. The lowest BCUT2D eigenvalue weighted by Gasteiger charge is -2.11. The Balaban J connectivity index is 2.93. The number of nitrogens with one attached hydrogen (secondary N) is 1. The lowest BCUT2D eigenvalue weighted by Crippen LogP contribution is -2.17. The Morgan fingerprint density at radius 1 is 1.47 bits per heavy atom. The highest BCUT2D eigenvalue weighted by molar-refractivity contribution is 9.10. The van der Waals surface area contributed by atoms with Crippen molar-refractivity contribution in [1.82, 2.24) is 0 Å². The summed E-state index contributed by atoms with van der Waals surface area (Å²) in [6, 6.07) is 3.45. The van der Waals surface area contributed by atoms with E-state index in [2.05, 4.69) is 26.0 Å². The van der Waals surface area contributed by atoms with Crippen LogP contribution in [0.4, 0.5) is 18.9 Å². The van der Waals surface area contributed by atoms with Gasteiger partial charge in [-0.2, -0.15) is 13.2 Å². The maximum absolute atomic E-state index is 12.5. The fourth-order valence-electron chi connectivity index (χ4n) is 1.15. The maximum atomic E-state index is 12.5. The molecule has 3 nitrogen and oxygen atoms in total. The monoisotopic (exact) mass is 311 g/mol. The van der Waals surface area contributed by atoms with Crippen LogP contribution in [-0.4, -0.2) is 19.6 Å². The van der Waals surface area contributed by atoms with E-state index in [1.54, 1.807) is 0 Å². The number of carbonyl (C=O) groups excluding carboxylic acids is 1. The van der Waals surface area contributed by atoms with E-state index in [4.69, 9.17) is 0 Å². The smallest absolute Gasteiger partial charge is 0.375 e. The van der Waals surface area contributed by atoms with Gasteiger partial charge in [-0.1, -0.05) is 15.9 Å². The molecule has 1 aromatic rings. The molecule has 7 heteroatoms. The summed E-state index contributed by atoms with van der Waals surface area (Å²) in [6.07, 6.45) is -4.47. The first-order valence-corrected chi connectivity index (χ1v) is 5.29. The molecule has 1 N–H and O–H groups in total. The topological polar surface area (TPSA) is 38.3 Å². The van der Waals surface area contributed by atoms with Crippen molar-refractivity contribution in [3.05, 3.63) is 28.2 Å². The van der Waals surface area contributed by atoms with Gasteiger partial charge in [-0.15, -0.1) is 0 Å². The van der Waals surface area contributed by atoms with Crippen LogP contribution >= 0.6 is 15.9 Å². The van der Waals surface area contributed by atoms with Gasteiger partial charge >= 0.3 is 6.18 Å².